The Morgan fingerprint density at radius 2 is 1.97 bits per heavy atom. The van der Waals surface area contributed by atoms with Crippen molar-refractivity contribution in [1.82, 2.24) is 19.5 Å². The molecule has 32 heavy (non-hydrogen) atoms. The van der Waals surface area contributed by atoms with Crippen LogP contribution < -0.4 is 11.1 Å². The van der Waals surface area contributed by atoms with Crippen LogP contribution >= 0.6 is 0 Å². The predicted molar refractivity (Wildman–Crippen MR) is 119 cm³/mol. The van der Waals surface area contributed by atoms with Gasteiger partial charge in [0, 0.05) is 12.1 Å². The average Bonchev–Trinajstić information content (AvgIpc) is 3.43. The number of benzene rings is 2. The maximum Gasteiger partial charge on any atom is 0.207 e. The normalized spacial score (nSPS) is 18.3. The van der Waals surface area contributed by atoms with Gasteiger partial charge >= 0.3 is 0 Å². The molecule has 0 amide bonds. The molecule has 0 saturated carbocycles. The van der Waals surface area contributed by atoms with Crippen LogP contribution in [0.1, 0.15) is 24.6 Å². The van der Waals surface area contributed by atoms with Crippen molar-refractivity contribution in [2.24, 2.45) is 0 Å². The molecule has 1 aliphatic heterocycles. The number of nitrogens with one attached hydrogen (secondary N) is 1. The van der Waals surface area contributed by atoms with E-state index in [4.69, 9.17) is 10.5 Å². The fourth-order valence-electron chi connectivity index (χ4n) is 4.01. The highest BCUT2D eigenvalue weighted by atomic mass is 19.1. The van der Waals surface area contributed by atoms with Crippen LogP contribution in [-0.4, -0.2) is 37.3 Å². The summed E-state index contributed by atoms with van der Waals surface area (Å²) in [5.41, 5.74) is 9.26. The van der Waals surface area contributed by atoms with Crippen molar-refractivity contribution in [1.29, 1.82) is 0 Å². The van der Waals surface area contributed by atoms with Crippen molar-refractivity contribution in [3.8, 4) is 11.1 Å². The molecule has 0 spiro atoms. The molecule has 0 unspecified atom stereocenters. The van der Waals surface area contributed by atoms with Crippen LogP contribution in [0, 0.1) is 5.82 Å². The second-order valence-electron chi connectivity index (χ2n) is 7.73. The van der Waals surface area contributed by atoms with Gasteiger partial charge in [-0.15, -0.1) is 0 Å². The van der Waals surface area contributed by atoms with Gasteiger partial charge in [0.25, 0.3) is 0 Å². The molecule has 4 N–H and O–H groups in total. The fourth-order valence-corrected chi connectivity index (χ4v) is 4.01. The summed E-state index contributed by atoms with van der Waals surface area (Å²) < 4.78 is 22.6. The van der Waals surface area contributed by atoms with Crippen molar-refractivity contribution in [2.45, 2.75) is 31.7 Å². The van der Waals surface area contributed by atoms with Crippen LogP contribution in [0.2, 0.25) is 0 Å². The van der Waals surface area contributed by atoms with Gasteiger partial charge < -0.3 is 20.9 Å². The van der Waals surface area contributed by atoms with E-state index in [-0.39, 0.29) is 37.1 Å². The maximum absolute atomic E-state index is 14.8. The van der Waals surface area contributed by atoms with E-state index in [0.29, 0.717) is 29.1 Å². The van der Waals surface area contributed by atoms with E-state index in [1.54, 1.807) is 10.6 Å². The number of anilines is 2. The van der Waals surface area contributed by atoms with Gasteiger partial charge in [-0.25, -0.2) is 19.3 Å². The Hall–Kier alpha value is -3.56. The van der Waals surface area contributed by atoms with Gasteiger partial charge in [0.1, 0.15) is 18.4 Å². The highest BCUT2D eigenvalue weighted by molar-refractivity contribution is 5.84. The smallest absolute Gasteiger partial charge is 0.207 e. The number of hydrogen-bond donors (Lipinski definition) is 3. The summed E-state index contributed by atoms with van der Waals surface area (Å²) in [5, 5.41) is 12.6. The molecule has 2 atom stereocenters. The predicted octanol–water partition coefficient (Wildman–Crippen LogP) is 3.50. The van der Waals surface area contributed by atoms with Crippen LogP contribution in [0.25, 0.3) is 22.3 Å². The molecule has 2 aromatic carbocycles. The lowest BCUT2D eigenvalue weighted by Gasteiger charge is -2.17. The van der Waals surface area contributed by atoms with E-state index < -0.39 is 0 Å². The number of ether oxygens (including phenoxy) is 1. The molecule has 0 radical (unpaired) electrons. The first kappa shape index (κ1) is 20.3. The largest absolute Gasteiger partial charge is 0.394 e. The minimum absolute atomic E-state index is 0.0536. The minimum Gasteiger partial charge on any atom is -0.394 e. The number of aliphatic hydroxyl groups is 1. The van der Waals surface area contributed by atoms with E-state index >= 15 is 0 Å². The molecule has 9 heteroatoms. The Morgan fingerprint density at radius 1 is 1.12 bits per heavy atom. The summed E-state index contributed by atoms with van der Waals surface area (Å²) in [5.74, 6) is 0.410. The van der Waals surface area contributed by atoms with Gasteiger partial charge in [-0.1, -0.05) is 42.5 Å². The second kappa shape index (κ2) is 8.52. The number of aromatic nitrogens is 4. The quantitative estimate of drug-likeness (QED) is 0.426. The number of aliphatic hydroxyl groups excluding tert-OH is 1. The molecule has 3 heterocycles. The Kier molecular flexibility index (Phi) is 5.42. The number of nitrogens with two attached hydrogens (primary N) is 1. The van der Waals surface area contributed by atoms with Crippen LogP contribution in [0.3, 0.4) is 0 Å². The van der Waals surface area contributed by atoms with Gasteiger partial charge in [0.2, 0.25) is 5.95 Å². The van der Waals surface area contributed by atoms with Gasteiger partial charge in [-0.05, 0) is 30.0 Å². The Morgan fingerprint density at radius 3 is 2.72 bits per heavy atom. The number of nitrogen functional groups attached to an aromatic ring is 1. The molecule has 5 rings (SSSR count). The van der Waals surface area contributed by atoms with E-state index in [9.17, 15) is 9.50 Å². The van der Waals surface area contributed by atoms with Crippen LogP contribution in [0.4, 0.5) is 16.2 Å². The summed E-state index contributed by atoms with van der Waals surface area (Å²) in [7, 11) is 0. The van der Waals surface area contributed by atoms with Crippen molar-refractivity contribution >= 4 is 22.9 Å². The van der Waals surface area contributed by atoms with Gasteiger partial charge in [0.05, 0.1) is 12.7 Å². The first-order chi connectivity index (χ1) is 15.6. The molecule has 1 aliphatic rings. The summed E-state index contributed by atoms with van der Waals surface area (Å²) in [4.78, 5) is 12.9. The highest BCUT2D eigenvalue weighted by Gasteiger charge is 2.30. The first-order valence-corrected chi connectivity index (χ1v) is 10.5. The number of rotatable bonds is 6. The van der Waals surface area contributed by atoms with Crippen LogP contribution in [-0.2, 0) is 11.3 Å². The molecule has 1 fully saturated rings. The number of imidazole rings is 1. The molecule has 1 saturated heterocycles. The van der Waals surface area contributed by atoms with Gasteiger partial charge in [-0.2, -0.15) is 0 Å². The summed E-state index contributed by atoms with van der Waals surface area (Å²) in [6.45, 7) is 0.162. The molecule has 8 nitrogen and oxygen atoms in total. The van der Waals surface area contributed by atoms with E-state index in [1.807, 2.05) is 36.4 Å². The molecule has 0 aliphatic carbocycles. The first-order valence-electron chi connectivity index (χ1n) is 10.5. The maximum atomic E-state index is 14.8. The van der Waals surface area contributed by atoms with Gasteiger partial charge in [0.15, 0.2) is 17.0 Å². The van der Waals surface area contributed by atoms with Crippen molar-refractivity contribution in [2.75, 3.05) is 17.7 Å². The zero-order valence-corrected chi connectivity index (χ0v) is 17.3. The minimum atomic E-state index is -0.362. The van der Waals surface area contributed by atoms with Crippen molar-refractivity contribution < 1.29 is 14.2 Å². The van der Waals surface area contributed by atoms with Crippen molar-refractivity contribution in [3.05, 3.63) is 66.2 Å². The number of fused-ring (bicyclic) bond motifs is 1. The van der Waals surface area contributed by atoms with E-state index in [1.165, 1.54) is 12.4 Å². The standard InChI is InChI=1S/C23H23FN6O2/c24-18-10-15(14-4-2-1-3-5-14)6-7-16(18)11-26-23-29-20-21(25)27-13-28-22(20)30(23)19-9-8-17(12-31)32-19/h1-7,10,13,17,19,31H,8-9,11-12H2,(H,26,29)(H2,25,27,28)/t17-,19+/m0/s1. The molecular weight excluding hydrogens is 411 g/mol. The lowest BCUT2D eigenvalue weighted by Crippen LogP contribution is -2.17. The second-order valence-corrected chi connectivity index (χ2v) is 7.73. The van der Waals surface area contributed by atoms with Gasteiger partial charge in [-0.3, -0.25) is 4.57 Å². The monoisotopic (exact) mass is 434 g/mol. The van der Waals surface area contributed by atoms with E-state index in [2.05, 4.69) is 20.3 Å². The summed E-state index contributed by atoms with van der Waals surface area (Å²) in [6, 6.07) is 14.9. The number of hydrogen-bond acceptors (Lipinski definition) is 7. The average molecular weight is 434 g/mol. The summed E-state index contributed by atoms with van der Waals surface area (Å²) >= 11 is 0. The number of halogens is 1. The third kappa shape index (κ3) is 3.76. The molecular formula is C23H23FN6O2. The van der Waals surface area contributed by atoms with Crippen molar-refractivity contribution in [3.63, 3.8) is 0 Å². The zero-order valence-electron chi connectivity index (χ0n) is 17.3. The fraction of sp³-hybridized carbons (Fsp3) is 0.261. The third-order valence-electron chi connectivity index (χ3n) is 5.68. The highest BCUT2D eigenvalue weighted by Crippen LogP contribution is 2.34. The Labute approximate surface area is 183 Å². The number of nitrogens with zero attached hydrogens (tertiary/aromatic N) is 4. The molecule has 164 valence electrons. The van der Waals surface area contributed by atoms with E-state index in [0.717, 1.165) is 17.5 Å². The molecule has 4 aromatic rings. The SMILES string of the molecule is Nc1ncnc2c1nc(NCc1ccc(-c3ccccc3)cc1F)n2[C@H]1CC[C@@H](CO)O1. The summed E-state index contributed by atoms with van der Waals surface area (Å²) in [6.07, 6.45) is 2.18. The zero-order chi connectivity index (χ0) is 22.1. The lowest BCUT2D eigenvalue weighted by atomic mass is 10.0. The third-order valence-corrected chi connectivity index (χ3v) is 5.68. The van der Waals surface area contributed by atoms with Crippen LogP contribution in [0.15, 0.2) is 54.9 Å². The topological polar surface area (TPSA) is 111 Å². The lowest BCUT2D eigenvalue weighted by molar-refractivity contribution is -0.0197. The van der Waals surface area contributed by atoms with Crippen LogP contribution in [0.5, 0.6) is 0 Å². The molecule has 2 aromatic heterocycles. The Balaban J connectivity index is 1.43. The molecule has 0 bridgehead atoms. The Bertz CT molecular complexity index is 1250.